The van der Waals surface area contributed by atoms with Gasteiger partial charge in [-0.15, -0.1) is 0 Å². The molecule has 0 saturated carbocycles. The molecule has 7 aromatic carbocycles. The Bertz CT molecular complexity index is 2410. The van der Waals surface area contributed by atoms with Crippen LogP contribution in [0.15, 0.2) is 170 Å². The highest BCUT2D eigenvalue weighted by atomic mass is 14.9. The number of fused-ring (bicyclic) bond motifs is 12. The summed E-state index contributed by atoms with van der Waals surface area (Å²) in [6.07, 6.45) is 0. The molecule has 0 bridgehead atoms. The van der Waals surface area contributed by atoms with Crippen LogP contribution in [-0.2, 0) is 5.41 Å². The lowest BCUT2D eigenvalue weighted by Gasteiger charge is -2.30. The van der Waals surface area contributed by atoms with Crippen molar-refractivity contribution in [2.24, 2.45) is 0 Å². The highest BCUT2D eigenvalue weighted by molar-refractivity contribution is 6.06. The SMILES string of the molecule is c1ccc(-c2cc(-c3ccc4c(c3)C3(c5ccccc5-c5ccccc53)c3ccc5ccccc5c3-4)nc(-c3ccccc3)n2)cc1. The molecular formula is C45H28N2. The summed E-state index contributed by atoms with van der Waals surface area (Å²) >= 11 is 0. The Hall–Kier alpha value is -6.12. The standard InChI is InChI=1S/C45H28N2/c1-3-14-30(15-4-1)41-28-42(47-44(46-41)31-16-5-2-6-17-31)32-23-25-36-40(27-32)45(39-26-24-29-13-7-8-18-33(29)43(36)39)37-21-11-9-19-34(37)35-20-10-12-22-38(35)45/h1-28H. The Balaban J connectivity index is 1.29. The Morgan fingerprint density at radius 1 is 0.362 bits per heavy atom. The lowest BCUT2D eigenvalue weighted by atomic mass is 9.70. The van der Waals surface area contributed by atoms with Crippen LogP contribution in [0.1, 0.15) is 22.3 Å². The van der Waals surface area contributed by atoms with Gasteiger partial charge in [0.05, 0.1) is 16.8 Å². The van der Waals surface area contributed by atoms with Crippen LogP contribution in [0.3, 0.4) is 0 Å². The molecule has 47 heavy (non-hydrogen) atoms. The summed E-state index contributed by atoms with van der Waals surface area (Å²) in [5.74, 6) is 0.725. The summed E-state index contributed by atoms with van der Waals surface area (Å²) in [5.41, 5.74) is 15.1. The van der Waals surface area contributed by atoms with Crippen LogP contribution >= 0.6 is 0 Å². The summed E-state index contributed by atoms with van der Waals surface area (Å²) in [6, 6.07) is 61.3. The van der Waals surface area contributed by atoms with E-state index in [9.17, 15) is 0 Å². The molecule has 0 unspecified atom stereocenters. The normalized spacial score (nSPS) is 13.3. The molecule has 2 aliphatic rings. The molecular weight excluding hydrogens is 569 g/mol. The van der Waals surface area contributed by atoms with Crippen molar-refractivity contribution in [1.82, 2.24) is 9.97 Å². The summed E-state index contributed by atoms with van der Waals surface area (Å²) in [4.78, 5) is 10.3. The van der Waals surface area contributed by atoms with Crippen molar-refractivity contribution >= 4 is 10.8 Å². The van der Waals surface area contributed by atoms with Gasteiger partial charge in [-0.05, 0) is 67.4 Å². The van der Waals surface area contributed by atoms with E-state index >= 15 is 0 Å². The molecule has 1 spiro atoms. The van der Waals surface area contributed by atoms with Gasteiger partial charge in [0.25, 0.3) is 0 Å². The summed E-state index contributed by atoms with van der Waals surface area (Å²) in [6.45, 7) is 0. The second kappa shape index (κ2) is 9.94. The lowest BCUT2D eigenvalue weighted by Crippen LogP contribution is -2.25. The lowest BCUT2D eigenvalue weighted by molar-refractivity contribution is 0.794. The van der Waals surface area contributed by atoms with E-state index < -0.39 is 5.41 Å². The van der Waals surface area contributed by atoms with E-state index in [1.165, 1.54) is 55.3 Å². The van der Waals surface area contributed by atoms with Gasteiger partial charge < -0.3 is 0 Å². The number of hydrogen-bond donors (Lipinski definition) is 0. The van der Waals surface area contributed by atoms with E-state index in [0.29, 0.717) is 0 Å². The zero-order valence-corrected chi connectivity index (χ0v) is 25.6. The maximum atomic E-state index is 5.22. The molecule has 2 aliphatic carbocycles. The fraction of sp³-hybridized carbons (Fsp3) is 0.0222. The molecule has 2 nitrogen and oxygen atoms in total. The molecule has 2 heteroatoms. The minimum absolute atomic E-state index is 0.435. The molecule has 0 saturated heterocycles. The fourth-order valence-corrected chi connectivity index (χ4v) is 8.13. The van der Waals surface area contributed by atoms with E-state index in [1.54, 1.807) is 0 Å². The number of benzene rings is 7. The molecule has 0 aliphatic heterocycles. The first-order chi connectivity index (χ1) is 23.3. The Kier molecular flexibility index (Phi) is 5.53. The van der Waals surface area contributed by atoms with Crippen molar-refractivity contribution in [2.45, 2.75) is 5.41 Å². The van der Waals surface area contributed by atoms with Gasteiger partial charge in [0, 0.05) is 16.7 Å². The van der Waals surface area contributed by atoms with Crippen molar-refractivity contribution in [2.75, 3.05) is 0 Å². The van der Waals surface area contributed by atoms with Crippen LogP contribution in [-0.4, -0.2) is 9.97 Å². The van der Waals surface area contributed by atoms with Crippen molar-refractivity contribution in [3.8, 4) is 56.2 Å². The van der Waals surface area contributed by atoms with Crippen LogP contribution in [0.4, 0.5) is 0 Å². The van der Waals surface area contributed by atoms with Crippen molar-refractivity contribution < 1.29 is 0 Å². The average molecular weight is 597 g/mol. The van der Waals surface area contributed by atoms with Crippen molar-refractivity contribution in [3.63, 3.8) is 0 Å². The highest BCUT2D eigenvalue weighted by Gasteiger charge is 2.52. The summed E-state index contributed by atoms with van der Waals surface area (Å²) < 4.78 is 0. The maximum Gasteiger partial charge on any atom is 0.160 e. The van der Waals surface area contributed by atoms with E-state index in [1.807, 2.05) is 24.3 Å². The van der Waals surface area contributed by atoms with E-state index in [0.717, 1.165) is 33.9 Å². The number of aromatic nitrogens is 2. The fourth-order valence-electron chi connectivity index (χ4n) is 8.13. The minimum Gasteiger partial charge on any atom is -0.228 e. The maximum absolute atomic E-state index is 5.22. The molecule has 0 N–H and O–H groups in total. The van der Waals surface area contributed by atoms with Crippen LogP contribution < -0.4 is 0 Å². The van der Waals surface area contributed by atoms with Crippen LogP contribution in [0, 0.1) is 0 Å². The Morgan fingerprint density at radius 3 is 1.68 bits per heavy atom. The minimum atomic E-state index is -0.435. The molecule has 1 aromatic heterocycles. The molecule has 8 aromatic rings. The zero-order valence-electron chi connectivity index (χ0n) is 25.6. The van der Waals surface area contributed by atoms with Gasteiger partial charge in [0.1, 0.15) is 0 Å². The molecule has 0 atom stereocenters. The third kappa shape index (κ3) is 3.67. The summed E-state index contributed by atoms with van der Waals surface area (Å²) in [5, 5.41) is 2.55. The van der Waals surface area contributed by atoms with Gasteiger partial charge in [0.15, 0.2) is 5.82 Å². The number of hydrogen-bond acceptors (Lipinski definition) is 2. The zero-order chi connectivity index (χ0) is 31.0. The largest absolute Gasteiger partial charge is 0.228 e. The van der Waals surface area contributed by atoms with Gasteiger partial charge in [-0.3, -0.25) is 0 Å². The van der Waals surface area contributed by atoms with Gasteiger partial charge in [-0.1, -0.05) is 158 Å². The van der Waals surface area contributed by atoms with Gasteiger partial charge in [-0.25, -0.2) is 9.97 Å². The quantitative estimate of drug-likeness (QED) is 0.203. The molecule has 0 amide bonds. The van der Waals surface area contributed by atoms with E-state index in [-0.39, 0.29) is 0 Å². The van der Waals surface area contributed by atoms with Gasteiger partial charge >= 0.3 is 0 Å². The highest BCUT2D eigenvalue weighted by Crippen LogP contribution is 2.64. The predicted octanol–water partition coefficient (Wildman–Crippen LogP) is 11.0. The molecule has 10 rings (SSSR count). The van der Waals surface area contributed by atoms with Crippen molar-refractivity contribution in [3.05, 3.63) is 192 Å². The third-order valence-corrected chi connectivity index (χ3v) is 10.1. The topological polar surface area (TPSA) is 25.8 Å². The first-order valence-corrected chi connectivity index (χ1v) is 16.2. The molecule has 218 valence electrons. The number of rotatable bonds is 3. The van der Waals surface area contributed by atoms with Crippen LogP contribution in [0.2, 0.25) is 0 Å². The van der Waals surface area contributed by atoms with Gasteiger partial charge in [0.2, 0.25) is 0 Å². The first-order valence-electron chi connectivity index (χ1n) is 16.2. The Labute approximate surface area is 273 Å². The van der Waals surface area contributed by atoms with Gasteiger partial charge in [-0.2, -0.15) is 0 Å². The van der Waals surface area contributed by atoms with Crippen LogP contribution in [0.25, 0.3) is 66.9 Å². The second-order valence-electron chi connectivity index (χ2n) is 12.5. The van der Waals surface area contributed by atoms with E-state index in [4.69, 9.17) is 9.97 Å². The Morgan fingerprint density at radius 2 is 0.957 bits per heavy atom. The average Bonchev–Trinajstić information content (AvgIpc) is 3.62. The number of nitrogens with zero attached hydrogens (tertiary/aromatic N) is 2. The molecule has 1 heterocycles. The predicted molar refractivity (Wildman–Crippen MR) is 192 cm³/mol. The second-order valence-corrected chi connectivity index (χ2v) is 12.5. The van der Waals surface area contributed by atoms with E-state index in [2.05, 4.69) is 146 Å². The smallest absolute Gasteiger partial charge is 0.160 e. The molecule has 0 fully saturated rings. The van der Waals surface area contributed by atoms with Crippen molar-refractivity contribution in [1.29, 1.82) is 0 Å². The first kappa shape index (κ1) is 26.1. The monoisotopic (exact) mass is 596 g/mol. The summed E-state index contributed by atoms with van der Waals surface area (Å²) in [7, 11) is 0. The molecule has 0 radical (unpaired) electrons. The third-order valence-electron chi connectivity index (χ3n) is 10.1. The van der Waals surface area contributed by atoms with Crippen LogP contribution in [0.5, 0.6) is 0 Å².